The van der Waals surface area contributed by atoms with Crippen molar-refractivity contribution in [1.82, 2.24) is 0 Å². The van der Waals surface area contributed by atoms with Crippen molar-refractivity contribution in [2.24, 2.45) is 0 Å². The highest BCUT2D eigenvalue weighted by atomic mass is 16.7. The first-order valence-corrected chi connectivity index (χ1v) is 3.50. The van der Waals surface area contributed by atoms with Gasteiger partial charge >= 0.3 is 5.88 Å². The van der Waals surface area contributed by atoms with Gasteiger partial charge in [-0.3, -0.25) is 10.1 Å². The number of ether oxygens (including phenoxy) is 1. The molecule has 12 heavy (non-hydrogen) atoms. The fourth-order valence-corrected chi connectivity index (χ4v) is 0.961. The Hall–Kier alpha value is -1.36. The van der Waals surface area contributed by atoms with Gasteiger partial charge in [0.2, 0.25) is 0 Å². The smallest absolute Gasteiger partial charge is 0.403 e. The summed E-state index contributed by atoms with van der Waals surface area (Å²) in [4.78, 5) is 9.67. The summed E-state index contributed by atoms with van der Waals surface area (Å²) in [5.74, 6) is 0.288. The molecule has 5 heteroatoms. The van der Waals surface area contributed by atoms with Crippen molar-refractivity contribution >= 4 is 5.88 Å². The number of nitrogens with zero attached hydrogens (tertiary/aromatic N) is 1. The summed E-state index contributed by atoms with van der Waals surface area (Å²) < 4.78 is 10.0. The van der Waals surface area contributed by atoms with Crippen molar-refractivity contribution in [1.29, 1.82) is 0 Å². The van der Waals surface area contributed by atoms with Crippen LogP contribution in [-0.2, 0) is 10.3 Å². The summed E-state index contributed by atoms with van der Waals surface area (Å²) in [5, 5.41) is 10.2. The van der Waals surface area contributed by atoms with Crippen molar-refractivity contribution in [2.75, 3.05) is 6.61 Å². The summed E-state index contributed by atoms with van der Waals surface area (Å²) in [5.41, 5.74) is -0.422. The predicted molar refractivity (Wildman–Crippen MR) is 38.7 cm³/mol. The van der Waals surface area contributed by atoms with Crippen molar-refractivity contribution < 1.29 is 14.1 Å². The van der Waals surface area contributed by atoms with E-state index in [2.05, 4.69) is 0 Å². The van der Waals surface area contributed by atoms with Crippen LogP contribution in [0.25, 0.3) is 0 Å². The molecule has 1 aliphatic heterocycles. The lowest BCUT2D eigenvalue weighted by atomic mass is 10.1. The molecule has 1 atom stereocenters. The number of hydrogen-bond donors (Lipinski definition) is 0. The van der Waals surface area contributed by atoms with Gasteiger partial charge in [-0.2, -0.15) is 0 Å². The zero-order valence-electron chi connectivity index (χ0n) is 6.44. The highest BCUT2D eigenvalue weighted by Crippen LogP contribution is 2.39. The number of rotatable bonds is 2. The van der Waals surface area contributed by atoms with Crippen LogP contribution in [0.3, 0.4) is 0 Å². The maximum atomic E-state index is 10.2. The minimum atomic E-state index is -0.560. The van der Waals surface area contributed by atoms with Crippen LogP contribution in [0.1, 0.15) is 12.7 Å². The standard InChI is InChI=1S/C7H7NO4/c1-7(4-11-7)5-2-3-6(12-5)8(9)10/h2-3H,4H2,1H3. The molecule has 0 bridgehead atoms. The zero-order chi connectivity index (χ0) is 8.77. The highest BCUT2D eigenvalue weighted by molar-refractivity contribution is 5.23. The van der Waals surface area contributed by atoms with Gasteiger partial charge < -0.3 is 9.15 Å². The molecule has 0 aliphatic carbocycles. The minimum Gasteiger partial charge on any atom is -0.403 e. The molecule has 1 aliphatic rings. The molecule has 1 aromatic heterocycles. The van der Waals surface area contributed by atoms with Crippen molar-refractivity contribution in [3.8, 4) is 0 Å². The Bertz CT molecular complexity index is 326. The second-order valence-electron chi connectivity index (χ2n) is 2.91. The molecule has 5 nitrogen and oxygen atoms in total. The minimum absolute atomic E-state index is 0.235. The molecule has 0 radical (unpaired) electrons. The average Bonchev–Trinajstić information content (AvgIpc) is 2.61. The van der Waals surface area contributed by atoms with Gasteiger partial charge in [0, 0.05) is 0 Å². The van der Waals surface area contributed by atoms with E-state index in [1.165, 1.54) is 6.07 Å². The third-order valence-electron chi connectivity index (χ3n) is 1.87. The average molecular weight is 169 g/mol. The highest BCUT2D eigenvalue weighted by Gasteiger charge is 2.45. The first-order valence-electron chi connectivity index (χ1n) is 3.50. The molecule has 0 amide bonds. The molecule has 1 unspecified atom stereocenters. The van der Waals surface area contributed by atoms with E-state index >= 15 is 0 Å². The number of hydrogen-bond acceptors (Lipinski definition) is 4. The van der Waals surface area contributed by atoms with Gasteiger partial charge in [0.25, 0.3) is 0 Å². The molecule has 1 saturated heterocycles. The Labute approximate surface area is 68.1 Å². The Kier molecular flexibility index (Phi) is 1.26. The summed E-state index contributed by atoms with van der Waals surface area (Å²) in [6, 6.07) is 2.91. The van der Waals surface area contributed by atoms with Gasteiger partial charge in [-0.1, -0.05) is 0 Å². The second kappa shape index (κ2) is 2.07. The lowest BCUT2D eigenvalue weighted by molar-refractivity contribution is -0.402. The topological polar surface area (TPSA) is 68.8 Å². The maximum Gasteiger partial charge on any atom is 0.433 e. The lowest BCUT2D eigenvalue weighted by Gasteiger charge is -1.96. The Morgan fingerprint density at radius 2 is 2.33 bits per heavy atom. The number of furan rings is 1. The lowest BCUT2D eigenvalue weighted by Crippen LogP contribution is -1.98. The van der Waals surface area contributed by atoms with E-state index in [9.17, 15) is 10.1 Å². The van der Waals surface area contributed by atoms with Crippen molar-refractivity contribution in [2.45, 2.75) is 12.5 Å². The SMILES string of the molecule is CC1(c2ccc([N+](=O)[O-])o2)CO1. The van der Waals surface area contributed by atoms with E-state index in [4.69, 9.17) is 9.15 Å². The van der Waals surface area contributed by atoms with Crippen LogP contribution in [0.2, 0.25) is 0 Å². The molecule has 0 aromatic carbocycles. The molecule has 0 spiro atoms. The van der Waals surface area contributed by atoms with E-state index in [0.717, 1.165) is 0 Å². The van der Waals surface area contributed by atoms with E-state index in [0.29, 0.717) is 12.4 Å². The van der Waals surface area contributed by atoms with E-state index < -0.39 is 10.5 Å². The molecular formula is C7H7NO4. The third-order valence-corrected chi connectivity index (χ3v) is 1.87. The van der Waals surface area contributed by atoms with Gasteiger partial charge in [0.15, 0.2) is 0 Å². The van der Waals surface area contributed by atoms with Crippen LogP contribution in [-0.4, -0.2) is 11.5 Å². The summed E-state index contributed by atoms with van der Waals surface area (Å²) >= 11 is 0. The van der Waals surface area contributed by atoms with Crippen LogP contribution >= 0.6 is 0 Å². The largest absolute Gasteiger partial charge is 0.433 e. The zero-order valence-corrected chi connectivity index (χ0v) is 6.44. The Morgan fingerprint density at radius 1 is 1.67 bits per heavy atom. The summed E-state index contributed by atoms with van der Waals surface area (Å²) in [6.45, 7) is 2.40. The van der Waals surface area contributed by atoms with Gasteiger partial charge in [0.1, 0.15) is 16.3 Å². The first-order chi connectivity index (χ1) is 5.62. The Morgan fingerprint density at radius 3 is 2.75 bits per heavy atom. The number of nitro groups is 1. The molecule has 1 fully saturated rings. The second-order valence-corrected chi connectivity index (χ2v) is 2.91. The predicted octanol–water partition coefficient (Wildman–Crippen LogP) is 1.43. The summed E-state index contributed by atoms with van der Waals surface area (Å²) in [7, 11) is 0. The maximum absolute atomic E-state index is 10.2. The summed E-state index contributed by atoms with van der Waals surface area (Å²) in [6.07, 6.45) is 0. The van der Waals surface area contributed by atoms with Crippen LogP contribution in [0, 0.1) is 10.1 Å². The van der Waals surface area contributed by atoms with Crippen LogP contribution in [0.5, 0.6) is 0 Å². The molecule has 0 N–H and O–H groups in total. The molecule has 64 valence electrons. The fourth-order valence-electron chi connectivity index (χ4n) is 0.961. The van der Waals surface area contributed by atoms with Crippen molar-refractivity contribution in [3.63, 3.8) is 0 Å². The van der Waals surface area contributed by atoms with Gasteiger partial charge in [-0.05, 0) is 13.0 Å². The van der Waals surface area contributed by atoms with Crippen LogP contribution in [0.4, 0.5) is 5.88 Å². The van der Waals surface area contributed by atoms with E-state index in [-0.39, 0.29) is 5.88 Å². The third kappa shape index (κ3) is 0.984. The molecule has 2 rings (SSSR count). The normalized spacial score (nSPS) is 27.1. The van der Waals surface area contributed by atoms with Gasteiger partial charge in [-0.25, -0.2) is 0 Å². The fraction of sp³-hybridized carbons (Fsp3) is 0.429. The van der Waals surface area contributed by atoms with Crippen LogP contribution in [0.15, 0.2) is 16.5 Å². The quantitative estimate of drug-likeness (QED) is 0.381. The monoisotopic (exact) mass is 169 g/mol. The van der Waals surface area contributed by atoms with Crippen LogP contribution < -0.4 is 0 Å². The van der Waals surface area contributed by atoms with Crippen molar-refractivity contribution in [3.05, 3.63) is 28.0 Å². The molecule has 0 saturated carbocycles. The van der Waals surface area contributed by atoms with Gasteiger partial charge in [-0.15, -0.1) is 0 Å². The van der Waals surface area contributed by atoms with Gasteiger partial charge in [0.05, 0.1) is 12.7 Å². The van der Waals surface area contributed by atoms with E-state index in [1.54, 1.807) is 6.07 Å². The Balaban J connectivity index is 2.30. The molecule has 2 heterocycles. The number of epoxide rings is 1. The first kappa shape index (κ1) is 7.30. The molecule has 1 aromatic rings. The van der Waals surface area contributed by atoms with E-state index in [1.807, 2.05) is 6.92 Å². The molecular weight excluding hydrogens is 162 g/mol.